The molecule has 0 heterocycles. The van der Waals surface area contributed by atoms with Crippen molar-refractivity contribution in [2.75, 3.05) is 0 Å². The molecule has 0 unspecified atom stereocenters. The summed E-state index contributed by atoms with van der Waals surface area (Å²) in [7, 11) is 0. The Labute approximate surface area is 60.6 Å². The van der Waals surface area contributed by atoms with Crippen molar-refractivity contribution in [1.29, 1.82) is 0 Å². The van der Waals surface area contributed by atoms with Crippen molar-refractivity contribution in [1.82, 2.24) is 0 Å². The molecule has 0 fully saturated rings. The van der Waals surface area contributed by atoms with Gasteiger partial charge in [-0.05, 0) is 0 Å². The summed E-state index contributed by atoms with van der Waals surface area (Å²) in [5, 5.41) is 0. The second-order valence-corrected chi connectivity index (χ2v) is 2.75. The summed E-state index contributed by atoms with van der Waals surface area (Å²) in [6, 6.07) is 0. The van der Waals surface area contributed by atoms with Crippen LogP contribution in [-0.4, -0.2) is 0 Å². The van der Waals surface area contributed by atoms with Gasteiger partial charge in [-0.2, -0.15) is 6.42 Å². The molecule has 9 heavy (non-hydrogen) atoms. The van der Waals surface area contributed by atoms with Crippen molar-refractivity contribution in [3.05, 3.63) is 6.92 Å². The topological polar surface area (TPSA) is 51.2 Å². The molecule has 0 saturated heterocycles. The van der Waals surface area contributed by atoms with Crippen LogP contribution >= 0.6 is 0 Å². The third-order valence-electron chi connectivity index (χ3n) is 0.604. The molecule has 0 amide bonds. The monoisotopic (exact) mass is 306 g/mol. The van der Waals surface area contributed by atoms with Gasteiger partial charge in [0, 0.05) is 0 Å². The van der Waals surface area contributed by atoms with Crippen molar-refractivity contribution in [2.24, 2.45) is 0 Å². The van der Waals surface area contributed by atoms with Gasteiger partial charge in [0.1, 0.15) is 0 Å². The fourth-order valence-electron chi connectivity index (χ4n) is 0.250. The zero-order valence-electron chi connectivity index (χ0n) is 5.43. The van der Waals surface area contributed by atoms with E-state index in [4.69, 9.17) is 10.4 Å². The Balaban J connectivity index is 0. The third-order valence-corrected chi connectivity index (χ3v) is 0.604. The van der Waals surface area contributed by atoms with Gasteiger partial charge in [-0.1, -0.05) is 19.8 Å². The molecular formula is C5H11O3Re-. The number of unbranched alkanes of at least 4 members (excludes halogenated alkanes) is 2. The molecule has 0 aliphatic carbocycles. The van der Waals surface area contributed by atoms with Gasteiger partial charge in [0.05, 0.1) is 0 Å². The van der Waals surface area contributed by atoms with Gasteiger partial charge in [-0.3, -0.25) is 0 Å². The Morgan fingerprint density at radius 3 is 1.67 bits per heavy atom. The minimum atomic E-state index is -4.21. The van der Waals surface area contributed by atoms with Gasteiger partial charge in [0.25, 0.3) is 0 Å². The van der Waals surface area contributed by atoms with Crippen LogP contribution in [0.3, 0.4) is 0 Å². The molecule has 0 N–H and O–H groups in total. The average molecular weight is 305 g/mol. The predicted octanol–water partition coefficient (Wildman–Crippen LogP) is 1.65. The van der Waals surface area contributed by atoms with E-state index in [1.807, 2.05) is 0 Å². The quantitative estimate of drug-likeness (QED) is 0.729. The van der Waals surface area contributed by atoms with E-state index >= 15 is 0 Å². The molecule has 0 radical (unpaired) electrons. The Morgan fingerprint density at radius 2 is 1.67 bits per heavy atom. The molecule has 57 valence electrons. The van der Waals surface area contributed by atoms with Gasteiger partial charge < -0.3 is 6.92 Å². The average Bonchev–Trinajstić information content (AvgIpc) is 1.66. The Morgan fingerprint density at radius 1 is 1.33 bits per heavy atom. The molecular weight excluding hydrogens is 294 g/mol. The predicted molar refractivity (Wildman–Crippen MR) is 26.9 cm³/mol. The second kappa shape index (κ2) is 10.9. The van der Waals surface area contributed by atoms with Crippen LogP contribution in [0.1, 0.15) is 26.2 Å². The van der Waals surface area contributed by atoms with Gasteiger partial charge in [0.15, 0.2) is 0 Å². The molecule has 0 spiro atoms. The molecule has 0 bridgehead atoms. The van der Waals surface area contributed by atoms with Gasteiger partial charge in [-0.15, -0.1) is 0 Å². The molecule has 0 saturated carbocycles. The van der Waals surface area contributed by atoms with Crippen LogP contribution in [0.4, 0.5) is 0 Å². The summed E-state index contributed by atoms with van der Waals surface area (Å²) in [6.07, 6.45) is 3.65. The second-order valence-electron chi connectivity index (χ2n) is 1.40. The van der Waals surface area contributed by atoms with Crippen LogP contribution in [0.2, 0.25) is 0 Å². The van der Waals surface area contributed by atoms with Crippen molar-refractivity contribution < 1.29 is 27.0 Å². The number of hydrogen-bond donors (Lipinski definition) is 0. The van der Waals surface area contributed by atoms with Gasteiger partial charge in [-0.25, -0.2) is 0 Å². The maximum absolute atomic E-state index is 8.60. The fourth-order valence-corrected chi connectivity index (χ4v) is 0.250. The summed E-state index contributed by atoms with van der Waals surface area (Å²) in [6.45, 7) is 5.85. The van der Waals surface area contributed by atoms with E-state index in [9.17, 15) is 0 Å². The first-order valence-corrected chi connectivity index (χ1v) is 6.00. The molecule has 3 nitrogen and oxygen atoms in total. The molecule has 0 aromatic heterocycles. The van der Waals surface area contributed by atoms with Crippen LogP contribution in [0.5, 0.6) is 0 Å². The summed E-state index contributed by atoms with van der Waals surface area (Å²) in [5.41, 5.74) is 0. The van der Waals surface area contributed by atoms with E-state index in [0.29, 0.717) is 0 Å². The fraction of sp³-hybridized carbons (Fsp3) is 0.800. The van der Waals surface area contributed by atoms with E-state index in [1.54, 1.807) is 0 Å². The van der Waals surface area contributed by atoms with Crippen LogP contribution in [-0.2, 0) is 27.0 Å². The molecule has 0 aromatic rings. The molecule has 0 aliphatic rings. The van der Waals surface area contributed by atoms with E-state index < -0.39 is 16.6 Å². The van der Waals surface area contributed by atoms with Crippen LogP contribution in [0.25, 0.3) is 0 Å². The standard InChI is InChI=1S/C5H11.3O.Re/c1-3-5-4-2;;;;/h1,3-5H2,2H3;;;;/q-1;;;;. The zero-order chi connectivity index (χ0) is 7.70. The summed E-state index contributed by atoms with van der Waals surface area (Å²) >= 11 is -4.21. The molecule has 4 heteroatoms. The molecule has 0 aromatic carbocycles. The third kappa shape index (κ3) is 69.7. The number of rotatable bonds is 2. The van der Waals surface area contributed by atoms with Crippen molar-refractivity contribution in [2.45, 2.75) is 26.2 Å². The normalized spacial score (nSPS) is 7.33. The van der Waals surface area contributed by atoms with Gasteiger partial charge >= 0.3 is 27.0 Å². The SMILES string of the molecule is [CH2-]CCCC.[O]=[Re](=[O])=[O]. The first-order chi connectivity index (χ1) is 4.15. The molecule has 0 rings (SSSR count). The van der Waals surface area contributed by atoms with E-state index in [-0.39, 0.29) is 0 Å². The van der Waals surface area contributed by atoms with Crippen molar-refractivity contribution >= 4 is 0 Å². The maximum atomic E-state index is 8.60. The van der Waals surface area contributed by atoms with E-state index in [1.165, 1.54) is 12.8 Å². The Bertz CT molecular complexity index is 113. The minimum absolute atomic E-state index is 1.09. The first kappa shape index (κ1) is 11.8. The van der Waals surface area contributed by atoms with Gasteiger partial charge in [0.2, 0.25) is 0 Å². The van der Waals surface area contributed by atoms with Crippen molar-refractivity contribution in [3.63, 3.8) is 0 Å². The molecule has 0 atom stereocenters. The molecule has 0 aliphatic heterocycles. The Kier molecular flexibility index (Phi) is 14.4. The Hall–Kier alpha value is 0.0623. The van der Waals surface area contributed by atoms with Crippen LogP contribution in [0, 0.1) is 6.92 Å². The van der Waals surface area contributed by atoms with E-state index in [0.717, 1.165) is 6.42 Å². The van der Waals surface area contributed by atoms with Crippen LogP contribution < -0.4 is 0 Å². The number of hydrogen-bond acceptors (Lipinski definition) is 3. The summed E-state index contributed by atoms with van der Waals surface area (Å²) in [5.74, 6) is 0. The summed E-state index contributed by atoms with van der Waals surface area (Å²) in [4.78, 5) is 0. The van der Waals surface area contributed by atoms with Crippen LogP contribution in [0.15, 0.2) is 0 Å². The zero-order valence-corrected chi connectivity index (χ0v) is 8.15. The van der Waals surface area contributed by atoms with Crippen molar-refractivity contribution in [3.8, 4) is 0 Å². The van der Waals surface area contributed by atoms with E-state index in [2.05, 4.69) is 13.8 Å². The first-order valence-electron chi connectivity index (χ1n) is 2.67. The summed E-state index contributed by atoms with van der Waals surface area (Å²) < 4.78 is 25.8.